The molecule has 22 heavy (non-hydrogen) atoms. The molecule has 0 unspecified atom stereocenters. The molecule has 1 aromatic carbocycles. The molecule has 5 nitrogen and oxygen atoms in total. The highest BCUT2D eigenvalue weighted by Crippen LogP contribution is 2.10. The summed E-state index contributed by atoms with van der Waals surface area (Å²) in [6.07, 6.45) is 1.46. The van der Waals surface area contributed by atoms with E-state index in [0.29, 0.717) is 10.9 Å². The van der Waals surface area contributed by atoms with Crippen LogP contribution in [-0.2, 0) is 11.3 Å². The van der Waals surface area contributed by atoms with E-state index in [9.17, 15) is 9.59 Å². The molecule has 1 heterocycles. The zero-order valence-corrected chi connectivity index (χ0v) is 13.8. The second-order valence-electron chi connectivity index (χ2n) is 6.19. The van der Waals surface area contributed by atoms with Crippen molar-refractivity contribution in [2.24, 2.45) is 0 Å². The molecule has 118 valence electrons. The number of rotatable bonds is 4. The number of aromatic nitrogens is 2. The summed E-state index contributed by atoms with van der Waals surface area (Å²) in [4.78, 5) is 31.1. The van der Waals surface area contributed by atoms with E-state index < -0.39 is 0 Å². The average molecular weight is 301 g/mol. The van der Waals surface area contributed by atoms with E-state index >= 15 is 0 Å². The van der Waals surface area contributed by atoms with Crippen LogP contribution in [0.1, 0.15) is 33.3 Å². The van der Waals surface area contributed by atoms with Gasteiger partial charge in [0.2, 0.25) is 5.91 Å². The standard InChI is InChI=1S/C17H23N3O2/c1-11(2)20(12(3)4)16(21)9-19-10-18-15-7-6-13(5)8-14(15)17(19)22/h6-8,10-12H,9H2,1-5H3. The Labute approximate surface area is 130 Å². The smallest absolute Gasteiger partial charge is 0.261 e. The van der Waals surface area contributed by atoms with Crippen molar-refractivity contribution in [3.63, 3.8) is 0 Å². The summed E-state index contributed by atoms with van der Waals surface area (Å²) in [7, 11) is 0. The van der Waals surface area contributed by atoms with Gasteiger partial charge in [0, 0.05) is 12.1 Å². The van der Waals surface area contributed by atoms with Gasteiger partial charge in [-0.3, -0.25) is 14.2 Å². The molecule has 2 rings (SSSR count). The summed E-state index contributed by atoms with van der Waals surface area (Å²) < 4.78 is 1.39. The van der Waals surface area contributed by atoms with Gasteiger partial charge in [0.15, 0.2) is 0 Å². The third kappa shape index (κ3) is 3.18. The maximum absolute atomic E-state index is 12.5. The number of aryl methyl sites for hydroxylation is 1. The maximum atomic E-state index is 12.5. The highest BCUT2D eigenvalue weighted by molar-refractivity contribution is 5.79. The lowest BCUT2D eigenvalue weighted by Gasteiger charge is -2.31. The Balaban J connectivity index is 2.38. The lowest BCUT2D eigenvalue weighted by atomic mass is 10.2. The number of carbonyl (C=O) groups is 1. The quantitative estimate of drug-likeness (QED) is 0.871. The van der Waals surface area contributed by atoms with Crippen molar-refractivity contribution in [1.29, 1.82) is 0 Å². The van der Waals surface area contributed by atoms with E-state index in [4.69, 9.17) is 0 Å². The van der Waals surface area contributed by atoms with E-state index in [1.54, 1.807) is 4.90 Å². The van der Waals surface area contributed by atoms with Gasteiger partial charge in [-0.25, -0.2) is 4.98 Å². The number of amides is 1. The van der Waals surface area contributed by atoms with Crippen molar-refractivity contribution in [2.75, 3.05) is 0 Å². The van der Waals surface area contributed by atoms with E-state index in [1.165, 1.54) is 10.9 Å². The molecule has 5 heteroatoms. The molecule has 0 aliphatic rings. The molecule has 0 saturated carbocycles. The van der Waals surface area contributed by atoms with Gasteiger partial charge in [-0.2, -0.15) is 0 Å². The molecule has 0 N–H and O–H groups in total. The SMILES string of the molecule is Cc1ccc2ncn(CC(=O)N(C(C)C)C(C)C)c(=O)c2c1. The molecule has 1 amide bonds. The highest BCUT2D eigenvalue weighted by atomic mass is 16.2. The lowest BCUT2D eigenvalue weighted by molar-refractivity contribution is -0.135. The Bertz CT molecular complexity index is 739. The van der Waals surface area contributed by atoms with Crippen LogP contribution >= 0.6 is 0 Å². The summed E-state index contributed by atoms with van der Waals surface area (Å²) in [5.41, 5.74) is 1.49. The van der Waals surface area contributed by atoms with Crippen molar-refractivity contribution >= 4 is 16.8 Å². The first-order chi connectivity index (χ1) is 10.3. The summed E-state index contributed by atoms with van der Waals surface area (Å²) in [5.74, 6) is -0.0686. The van der Waals surface area contributed by atoms with E-state index in [2.05, 4.69) is 4.98 Å². The molecule has 0 atom stereocenters. The predicted octanol–water partition coefficient (Wildman–Crippen LogP) is 2.35. The lowest BCUT2D eigenvalue weighted by Crippen LogP contribution is -2.44. The number of fused-ring (bicyclic) bond motifs is 1. The monoisotopic (exact) mass is 301 g/mol. The first-order valence-corrected chi connectivity index (χ1v) is 7.58. The molecule has 0 saturated heterocycles. The number of hydrogen-bond acceptors (Lipinski definition) is 3. The van der Waals surface area contributed by atoms with Crippen LogP contribution in [0.15, 0.2) is 29.3 Å². The molecular formula is C17H23N3O2. The van der Waals surface area contributed by atoms with Gasteiger partial charge in [-0.1, -0.05) is 11.6 Å². The third-order valence-electron chi connectivity index (χ3n) is 3.69. The Morgan fingerprint density at radius 3 is 2.45 bits per heavy atom. The molecule has 1 aromatic heterocycles. The molecule has 0 radical (unpaired) electrons. The second-order valence-corrected chi connectivity index (χ2v) is 6.19. The molecule has 0 fully saturated rings. The fraction of sp³-hybridized carbons (Fsp3) is 0.471. The first-order valence-electron chi connectivity index (χ1n) is 7.58. The van der Waals surface area contributed by atoms with Gasteiger partial charge in [0.1, 0.15) is 6.54 Å². The fourth-order valence-electron chi connectivity index (χ4n) is 2.79. The largest absolute Gasteiger partial charge is 0.336 e. The Kier molecular flexibility index (Phi) is 4.64. The van der Waals surface area contributed by atoms with Crippen LogP contribution in [-0.4, -0.2) is 32.4 Å². The van der Waals surface area contributed by atoms with E-state index in [-0.39, 0.29) is 30.1 Å². The fourth-order valence-corrected chi connectivity index (χ4v) is 2.79. The first kappa shape index (κ1) is 16.2. The molecule has 0 spiro atoms. The van der Waals surface area contributed by atoms with Crippen LogP contribution in [0.25, 0.3) is 10.9 Å². The normalized spacial score (nSPS) is 11.4. The topological polar surface area (TPSA) is 55.2 Å². The molecule has 0 bridgehead atoms. The minimum atomic E-state index is -0.172. The molecular weight excluding hydrogens is 278 g/mol. The maximum Gasteiger partial charge on any atom is 0.261 e. The van der Waals surface area contributed by atoms with Crippen LogP contribution < -0.4 is 5.56 Å². The van der Waals surface area contributed by atoms with Crippen LogP contribution in [0.3, 0.4) is 0 Å². The molecule has 0 aliphatic carbocycles. The summed E-state index contributed by atoms with van der Waals surface area (Å²) >= 11 is 0. The second kappa shape index (κ2) is 6.30. The van der Waals surface area contributed by atoms with Crippen LogP contribution in [0.4, 0.5) is 0 Å². The minimum Gasteiger partial charge on any atom is -0.336 e. The van der Waals surface area contributed by atoms with Gasteiger partial charge < -0.3 is 4.90 Å². The average Bonchev–Trinajstić information content (AvgIpc) is 2.41. The van der Waals surface area contributed by atoms with Crippen molar-refractivity contribution < 1.29 is 4.79 Å². The van der Waals surface area contributed by atoms with Crippen molar-refractivity contribution in [1.82, 2.24) is 14.5 Å². The zero-order valence-electron chi connectivity index (χ0n) is 13.8. The summed E-state index contributed by atoms with van der Waals surface area (Å²) in [6, 6.07) is 5.75. The zero-order chi connectivity index (χ0) is 16.4. The van der Waals surface area contributed by atoms with Gasteiger partial charge in [-0.15, -0.1) is 0 Å². The van der Waals surface area contributed by atoms with Crippen LogP contribution in [0.2, 0.25) is 0 Å². The van der Waals surface area contributed by atoms with Gasteiger partial charge in [-0.05, 0) is 46.8 Å². The Morgan fingerprint density at radius 1 is 1.23 bits per heavy atom. The highest BCUT2D eigenvalue weighted by Gasteiger charge is 2.20. The van der Waals surface area contributed by atoms with Gasteiger partial charge in [0.05, 0.1) is 17.2 Å². The number of benzene rings is 1. The van der Waals surface area contributed by atoms with Crippen LogP contribution in [0, 0.1) is 6.92 Å². The minimum absolute atomic E-state index is 0.0199. The van der Waals surface area contributed by atoms with Crippen LogP contribution in [0.5, 0.6) is 0 Å². The number of carbonyl (C=O) groups excluding carboxylic acids is 1. The Morgan fingerprint density at radius 2 is 1.86 bits per heavy atom. The summed E-state index contributed by atoms with van der Waals surface area (Å²) in [6.45, 7) is 9.85. The molecule has 2 aromatic rings. The number of hydrogen-bond donors (Lipinski definition) is 0. The summed E-state index contributed by atoms with van der Waals surface area (Å²) in [5, 5.41) is 0.552. The van der Waals surface area contributed by atoms with Gasteiger partial charge >= 0.3 is 0 Å². The van der Waals surface area contributed by atoms with Crippen molar-refractivity contribution in [3.05, 3.63) is 40.4 Å². The van der Waals surface area contributed by atoms with E-state index in [0.717, 1.165) is 5.56 Å². The predicted molar refractivity (Wildman–Crippen MR) is 87.9 cm³/mol. The van der Waals surface area contributed by atoms with Crippen molar-refractivity contribution in [3.8, 4) is 0 Å². The Hall–Kier alpha value is -2.17. The van der Waals surface area contributed by atoms with Crippen molar-refractivity contribution in [2.45, 2.75) is 53.2 Å². The third-order valence-corrected chi connectivity index (χ3v) is 3.69. The molecule has 0 aliphatic heterocycles. The van der Waals surface area contributed by atoms with E-state index in [1.807, 2.05) is 52.8 Å². The number of nitrogens with zero attached hydrogens (tertiary/aromatic N) is 3. The van der Waals surface area contributed by atoms with Gasteiger partial charge in [0.25, 0.3) is 5.56 Å².